The number of thiophene rings is 2. The van der Waals surface area contributed by atoms with Gasteiger partial charge in [0.2, 0.25) is 0 Å². The Bertz CT molecular complexity index is 619. The molecule has 136 valence electrons. The number of alkyl halides is 7. The third kappa shape index (κ3) is 6.27. The van der Waals surface area contributed by atoms with Crippen molar-refractivity contribution < 1.29 is 31.4 Å². The highest BCUT2D eigenvalue weighted by Gasteiger charge is 2.36. The number of hydrogen-bond donors (Lipinski definition) is 1. The Morgan fingerprint density at radius 1 is 0.833 bits per heavy atom. The lowest BCUT2D eigenvalue weighted by Gasteiger charge is -2.02. The van der Waals surface area contributed by atoms with Gasteiger partial charge in [-0.05, 0) is 44.0 Å². The molecule has 0 aliphatic carbocycles. The van der Waals surface area contributed by atoms with Crippen LogP contribution in [0.2, 0.25) is 0 Å². The molecule has 0 atom stereocenters. The van der Waals surface area contributed by atoms with E-state index < -0.39 is 22.1 Å². The number of aliphatic hydroxyl groups excluding tert-OH is 1. The zero-order valence-corrected chi connectivity index (χ0v) is 17.6. The fourth-order valence-corrected chi connectivity index (χ4v) is 5.20. The smallest absolute Gasteiger partial charge is 0.391 e. The minimum absolute atomic E-state index is 0.0101. The Morgan fingerprint density at radius 3 is 1.42 bits per heavy atom. The molecule has 2 rings (SSSR count). The van der Waals surface area contributed by atoms with Gasteiger partial charge in [0.1, 0.15) is 9.75 Å². The summed E-state index contributed by atoms with van der Waals surface area (Å²) in [6.45, 7) is -0.362. The van der Waals surface area contributed by atoms with Crippen LogP contribution in [0.5, 0.6) is 0 Å². The molecule has 0 aromatic carbocycles. The Balaban J connectivity index is 0.000000240. The van der Waals surface area contributed by atoms with Gasteiger partial charge in [0, 0.05) is 24.0 Å². The summed E-state index contributed by atoms with van der Waals surface area (Å²) in [7, 11) is 0. The van der Waals surface area contributed by atoms with Gasteiger partial charge in [-0.15, -0.1) is 22.7 Å². The van der Waals surface area contributed by atoms with E-state index in [1.165, 1.54) is 12.1 Å². The molecule has 0 fully saturated rings. The molecule has 2 aromatic heterocycles. The molecule has 0 radical (unpaired) electrons. The molecular formula is C12H7Br3F6OS2. The van der Waals surface area contributed by atoms with Crippen molar-refractivity contribution in [1.82, 2.24) is 0 Å². The highest BCUT2D eigenvalue weighted by Crippen LogP contribution is 2.41. The first-order chi connectivity index (χ1) is 10.9. The van der Waals surface area contributed by atoms with Gasteiger partial charge in [0.15, 0.2) is 0 Å². The van der Waals surface area contributed by atoms with E-state index in [0.29, 0.717) is 26.4 Å². The van der Waals surface area contributed by atoms with Gasteiger partial charge in [0.05, 0.1) is 6.61 Å². The van der Waals surface area contributed by atoms with Crippen LogP contribution in [0.3, 0.4) is 0 Å². The summed E-state index contributed by atoms with van der Waals surface area (Å²) in [6, 6.07) is 2.75. The zero-order chi connectivity index (χ0) is 18.7. The van der Waals surface area contributed by atoms with Gasteiger partial charge in [-0.2, -0.15) is 26.3 Å². The average molecular weight is 585 g/mol. The molecule has 0 unspecified atom stereocenters. The predicted molar refractivity (Wildman–Crippen MR) is 92.6 cm³/mol. The lowest BCUT2D eigenvalue weighted by Crippen LogP contribution is -2.01. The Kier molecular flexibility index (Phi) is 8.27. The number of rotatable bonds is 2. The van der Waals surface area contributed by atoms with E-state index in [2.05, 4.69) is 47.8 Å². The van der Waals surface area contributed by atoms with Crippen LogP contribution in [-0.2, 0) is 24.3 Å². The lowest BCUT2D eigenvalue weighted by molar-refractivity contribution is -0.135. The number of halogens is 9. The van der Waals surface area contributed by atoms with Crippen molar-refractivity contribution in [2.24, 2.45) is 0 Å². The van der Waals surface area contributed by atoms with Crippen molar-refractivity contribution in [3.8, 4) is 0 Å². The second-order valence-corrected chi connectivity index (χ2v) is 8.61. The van der Waals surface area contributed by atoms with E-state index in [4.69, 9.17) is 5.11 Å². The Morgan fingerprint density at radius 2 is 1.21 bits per heavy atom. The van der Waals surface area contributed by atoms with Crippen LogP contribution in [0.25, 0.3) is 0 Å². The second kappa shape index (κ2) is 8.85. The van der Waals surface area contributed by atoms with E-state index in [9.17, 15) is 26.3 Å². The molecule has 0 bridgehead atoms. The van der Waals surface area contributed by atoms with Gasteiger partial charge in [0.25, 0.3) is 0 Å². The SMILES string of the molecule is FC(F)(F)c1sc(CBr)cc1Br.OCc1cc(Br)c(C(F)(F)F)s1. The van der Waals surface area contributed by atoms with E-state index >= 15 is 0 Å². The minimum Gasteiger partial charge on any atom is -0.391 e. The van der Waals surface area contributed by atoms with Crippen LogP contribution in [0.1, 0.15) is 19.5 Å². The quantitative estimate of drug-likeness (QED) is 0.287. The van der Waals surface area contributed by atoms with Crippen LogP contribution in [-0.4, -0.2) is 5.11 Å². The van der Waals surface area contributed by atoms with Gasteiger partial charge in [-0.25, -0.2) is 0 Å². The molecule has 0 amide bonds. The summed E-state index contributed by atoms with van der Waals surface area (Å²) in [6.07, 6.45) is -8.58. The van der Waals surface area contributed by atoms with E-state index in [0.717, 1.165) is 11.3 Å². The van der Waals surface area contributed by atoms with E-state index in [1.807, 2.05) is 0 Å². The molecule has 0 aliphatic heterocycles. The fraction of sp³-hybridized carbons (Fsp3) is 0.333. The van der Waals surface area contributed by atoms with Gasteiger partial charge in [-0.3, -0.25) is 0 Å². The molecule has 24 heavy (non-hydrogen) atoms. The summed E-state index contributed by atoms with van der Waals surface area (Å²) < 4.78 is 72.9. The third-order valence-corrected chi connectivity index (χ3v) is 7.37. The van der Waals surface area contributed by atoms with E-state index in [-0.39, 0.29) is 15.6 Å². The highest BCUT2D eigenvalue weighted by molar-refractivity contribution is 9.11. The van der Waals surface area contributed by atoms with Crippen molar-refractivity contribution in [2.45, 2.75) is 24.3 Å². The van der Waals surface area contributed by atoms with E-state index in [1.54, 1.807) is 0 Å². The molecule has 0 saturated heterocycles. The normalized spacial score (nSPS) is 12.1. The van der Waals surface area contributed by atoms with Gasteiger partial charge in [-0.1, -0.05) is 15.9 Å². The molecule has 12 heteroatoms. The number of aliphatic hydroxyl groups is 1. The first kappa shape index (κ1) is 22.4. The second-order valence-electron chi connectivity index (χ2n) is 4.07. The topological polar surface area (TPSA) is 20.2 Å². The molecule has 0 saturated carbocycles. The van der Waals surface area contributed by atoms with Crippen molar-refractivity contribution in [3.63, 3.8) is 0 Å². The first-order valence-corrected chi connectivity index (χ1v) is 10.1. The average Bonchev–Trinajstić information content (AvgIpc) is 3.01. The highest BCUT2D eigenvalue weighted by atomic mass is 79.9. The molecule has 0 spiro atoms. The third-order valence-electron chi connectivity index (χ3n) is 2.28. The summed E-state index contributed by atoms with van der Waals surface area (Å²) >= 11 is 10.0. The zero-order valence-electron chi connectivity index (χ0n) is 11.2. The summed E-state index contributed by atoms with van der Waals surface area (Å²) in [5, 5.41) is 9.01. The molecule has 0 aliphatic rings. The van der Waals surface area contributed by atoms with Crippen LogP contribution in [0, 0.1) is 0 Å². The predicted octanol–water partition coefficient (Wildman–Crippen LogP) is 7.45. The monoisotopic (exact) mass is 582 g/mol. The largest absolute Gasteiger partial charge is 0.426 e. The minimum atomic E-state index is -4.34. The Labute approximate surface area is 166 Å². The maximum absolute atomic E-state index is 12.2. The van der Waals surface area contributed by atoms with Crippen LogP contribution < -0.4 is 0 Å². The van der Waals surface area contributed by atoms with Crippen molar-refractivity contribution in [2.75, 3.05) is 0 Å². The Hall–Kier alpha value is 0.380. The lowest BCUT2D eigenvalue weighted by atomic mass is 10.4. The maximum atomic E-state index is 12.2. The van der Waals surface area contributed by atoms with Crippen molar-refractivity contribution >= 4 is 70.5 Å². The summed E-state index contributed by atoms with van der Waals surface area (Å²) in [5.41, 5.74) is 0. The van der Waals surface area contributed by atoms with Crippen LogP contribution >= 0.6 is 70.5 Å². The number of hydrogen-bond acceptors (Lipinski definition) is 3. The van der Waals surface area contributed by atoms with Crippen molar-refractivity contribution in [3.05, 3.63) is 40.6 Å². The molecule has 1 nitrogen and oxygen atoms in total. The standard InChI is InChI=1S/C6H3Br2F3S.C6H4BrF3OS/c7-2-3-1-4(8)5(12-3)6(9,10)11;7-4-1-3(2-11)12-5(4)6(8,9)10/h1H,2H2;1,11H,2H2. The molecular weight excluding hydrogens is 578 g/mol. The molecule has 1 N–H and O–H groups in total. The van der Waals surface area contributed by atoms with Gasteiger partial charge < -0.3 is 5.11 Å². The maximum Gasteiger partial charge on any atom is 0.426 e. The van der Waals surface area contributed by atoms with Crippen LogP contribution in [0.15, 0.2) is 21.1 Å². The van der Waals surface area contributed by atoms with Crippen LogP contribution in [0.4, 0.5) is 26.3 Å². The molecule has 2 heterocycles. The summed E-state index contributed by atoms with van der Waals surface area (Å²) in [4.78, 5) is -0.313. The fourth-order valence-electron chi connectivity index (χ4n) is 1.36. The van der Waals surface area contributed by atoms with Gasteiger partial charge >= 0.3 is 12.4 Å². The summed E-state index contributed by atoms with van der Waals surface area (Å²) in [5.74, 6) is 0. The van der Waals surface area contributed by atoms with Crippen molar-refractivity contribution in [1.29, 1.82) is 0 Å². The molecule has 2 aromatic rings. The first-order valence-electron chi connectivity index (χ1n) is 5.77.